The van der Waals surface area contributed by atoms with Crippen LogP contribution in [0, 0.1) is 0 Å². The zero-order chi connectivity index (χ0) is 55.0. The number of hydrogen-bond acceptors (Lipinski definition) is 5. The maximum Gasteiger partial charge on any atom is 0.264 e. The lowest BCUT2D eigenvalue weighted by Crippen LogP contribution is -2.61. The summed E-state index contributed by atoms with van der Waals surface area (Å²) in [5.74, 6) is 0. The molecule has 3 aliphatic heterocycles. The van der Waals surface area contributed by atoms with Crippen LogP contribution < -0.4 is 30.4 Å². The number of hydrogen-bond donors (Lipinski definition) is 0. The van der Waals surface area contributed by atoms with Crippen molar-refractivity contribution in [1.29, 1.82) is 0 Å². The minimum absolute atomic E-state index is 0.0263. The molecule has 3 aliphatic rings. The monoisotopic (exact) mass is 1080 g/mol. The van der Waals surface area contributed by atoms with Gasteiger partial charge in [0.15, 0.2) is 0 Å². The third kappa shape index (κ3) is 7.20. The van der Waals surface area contributed by atoms with E-state index >= 15 is 0 Å². The SMILES string of the molecule is CC(C)(C)c1cc2c3c(c1)-n1c4ccc(C(C)(C)C)cc4c4cc(C(C)(C)C)cc(c41)N3c1cc(N(c3ccccc3)c3ccccc3)cc3c1B2c1sc2ccc(-c4ccccc4)cc2c1N3c1ccc2c(c1)sc1ccccc12. The number of thiophene rings is 2. The Morgan fingerprint density at radius 3 is 1.69 bits per heavy atom. The van der Waals surface area contributed by atoms with Crippen molar-refractivity contribution in [2.45, 2.75) is 78.6 Å². The highest BCUT2D eigenvalue weighted by Crippen LogP contribution is 2.57. The van der Waals surface area contributed by atoms with Gasteiger partial charge in [0.05, 0.1) is 39.5 Å². The van der Waals surface area contributed by atoms with E-state index in [1.807, 2.05) is 22.7 Å². The summed E-state index contributed by atoms with van der Waals surface area (Å²) >= 11 is 3.87. The van der Waals surface area contributed by atoms with Crippen LogP contribution in [-0.4, -0.2) is 11.3 Å². The van der Waals surface area contributed by atoms with Gasteiger partial charge in [-0.2, -0.15) is 0 Å². The molecule has 7 heteroatoms. The molecule has 6 heterocycles. The average molecular weight is 1080 g/mol. The zero-order valence-electron chi connectivity index (χ0n) is 47.3. The number of fused-ring (bicyclic) bond motifs is 14. The Balaban J connectivity index is 1.10. The zero-order valence-corrected chi connectivity index (χ0v) is 48.9. The highest BCUT2D eigenvalue weighted by molar-refractivity contribution is 7.33. The van der Waals surface area contributed by atoms with Gasteiger partial charge >= 0.3 is 0 Å². The number of aromatic nitrogens is 1. The minimum atomic E-state index is -0.152. The van der Waals surface area contributed by atoms with Gasteiger partial charge in [0.1, 0.15) is 0 Å². The van der Waals surface area contributed by atoms with Crippen molar-refractivity contribution >= 4 is 148 Å². The first-order valence-corrected chi connectivity index (χ1v) is 30.2. The van der Waals surface area contributed by atoms with Gasteiger partial charge in [-0.1, -0.05) is 172 Å². The summed E-state index contributed by atoms with van der Waals surface area (Å²) in [6, 6.07) is 78.9. The molecule has 10 aromatic carbocycles. The van der Waals surface area contributed by atoms with E-state index in [9.17, 15) is 0 Å². The van der Waals surface area contributed by atoms with Crippen LogP contribution in [0.15, 0.2) is 206 Å². The maximum absolute atomic E-state index is 2.73. The van der Waals surface area contributed by atoms with E-state index in [2.05, 4.69) is 288 Å². The molecule has 0 bridgehead atoms. The Bertz CT molecular complexity index is 4740. The highest BCUT2D eigenvalue weighted by atomic mass is 32.1. The smallest absolute Gasteiger partial charge is 0.264 e. The van der Waals surface area contributed by atoms with E-state index < -0.39 is 0 Å². The molecule has 3 aromatic heterocycles. The number of para-hydroxylation sites is 2. The van der Waals surface area contributed by atoms with E-state index in [1.54, 1.807) is 0 Å². The van der Waals surface area contributed by atoms with Crippen LogP contribution in [0.3, 0.4) is 0 Å². The van der Waals surface area contributed by atoms with Gasteiger partial charge in [-0.05, 0) is 152 Å². The van der Waals surface area contributed by atoms with Crippen LogP contribution in [0.2, 0.25) is 0 Å². The topological polar surface area (TPSA) is 14.7 Å². The quantitative estimate of drug-likeness (QED) is 0.160. The lowest BCUT2D eigenvalue weighted by atomic mass is 9.36. The standard InChI is InChI=1S/C74H61BN4S2/c1-72(2,3)46-30-33-59-55(36-46)56-37-47(73(4,5)6)39-62-68(56)78(59)63-40-48(74(7,8)9)38-58-70(63)79(62)61-42-52(76(49-23-15-11-16-24-49)50-25-17-12-18-26-50)41-60-67(61)75(58)71-69(57-35-45(29-34-65(57)81-71)44-21-13-10-14-22-44)77(60)51-31-32-54-53-27-19-20-28-64(53)80-66(54)43-51/h10-43H,1-9H3. The Kier molecular flexibility index (Phi) is 10.2. The largest absolute Gasteiger partial charge is 0.310 e. The fraction of sp³-hybridized carbons (Fsp3) is 0.162. The molecule has 0 saturated heterocycles. The molecule has 392 valence electrons. The van der Waals surface area contributed by atoms with E-state index in [1.165, 1.54) is 130 Å². The second-order valence-corrected chi connectivity index (χ2v) is 28.0. The summed E-state index contributed by atoms with van der Waals surface area (Å²) < 4.78 is 7.91. The van der Waals surface area contributed by atoms with Crippen molar-refractivity contribution in [3.8, 4) is 16.8 Å². The van der Waals surface area contributed by atoms with Gasteiger partial charge < -0.3 is 19.3 Å². The van der Waals surface area contributed by atoms with Crippen molar-refractivity contribution in [3.05, 3.63) is 223 Å². The van der Waals surface area contributed by atoms with Crippen molar-refractivity contribution in [2.24, 2.45) is 0 Å². The van der Waals surface area contributed by atoms with Crippen molar-refractivity contribution in [3.63, 3.8) is 0 Å². The van der Waals surface area contributed by atoms with Gasteiger partial charge in [0.25, 0.3) is 6.71 Å². The molecule has 0 atom stereocenters. The predicted octanol–water partition coefficient (Wildman–Crippen LogP) is 19.8. The number of rotatable bonds is 5. The molecular weight excluding hydrogens is 1020 g/mol. The van der Waals surface area contributed by atoms with Crippen LogP contribution >= 0.6 is 22.7 Å². The van der Waals surface area contributed by atoms with Gasteiger partial charge in [-0.15, -0.1) is 22.7 Å². The molecule has 0 unspecified atom stereocenters. The fourth-order valence-corrected chi connectivity index (χ4v) is 16.0. The number of anilines is 9. The Morgan fingerprint density at radius 1 is 0.383 bits per heavy atom. The molecule has 13 aromatic rings. The third-order valence-electron chi connectivity index (χ3n) is 17.7. The minimum Gasteiger partial charge on any atom is -0.310 e. The molecule has 0 N–H and O–H groups in total. The number of nitrogens with zero attached hydrogens (tertiary/aromatic N) is 4. The molecular formula is C74H61BN4S2. The summed E-state index contributed by atoms with van der Waals surface area (Å²) in [6.45, 7) is 21.2. The molecule has 0 amide bonds. The van der Waals surface area contributed by atoms with Crippen molar-refractivity contribution in [1.82, 2.24) is 4.57 Å². The predicted molar refractivity (Wildman–Crippen MR) is 353 cm³/mol. The summed E-state index contributed by atoms with van der Waals surface area (Å²) in [5.41, 5.74) is 23.2. The molecule has 16 rings (SSSR count). The molecule has 0 spiro atoms. The van der Waals surface area contributed by atoms with Crippen LogP contribution in [0.1, 0.15) is 79.0 Å². The highest BCUT2D eigenvalue weighted by Gasteiger charge is 2.49. The Hall–Kier alpha value is -8.36. The molecule has 4 nitrogen and oxygen atoms in total. The summed E-state index contributed by atoms with van der Waals surface area (Å²) in [6.07, 6.45) is 0. The van der Waals surface area contributed by atoms with Gasteiger partial charge in [-0.25, -0.2) is 0 Å². The Morgan fingerprint density at radius 2 is 0.988 bits per heavy atom. The second kappa shape index (κ2) is 17.1. The lowest BCUT2D eigenvalue weighted by molar-refractivity contribution is 0.590. The van der Waals surface area contributed by atoms with E-state index in [-0.39, 0.29) is 23.0 Å². The van der Waals surface area contributed by atoms with Gasteiger partial charge in [-0.3, -0.25) is 0 Å². The van der Waals surface area contributed by atoms with Crippen molar-refractivity contribution < 1.29 is 0 Å². The molecule has 0 radical (unpaired) electrons. The van der Waals surface area contributed by atoms with Crippen LogP contribution in [0.25, 0.3) is 68.9 Å². The summed E-state index contributed by atoms with van der Waals surface area (Å²) in [5, 5.41) is 6.47. The van der Waals surface area contributed by atoms with Crippen LogP contribution in [-0.2, 0) is 16.2 Å². The molecule has 0 saturated carbocycles. The van der Waals surface area contributed by atoms with Gasteiger partial charge in [0, 0.05) is 74.2 Å². The summed E-state index contributed by atoms with van der Waals surface area (Å²) in [4.78, 5) is 7.88. The normalized spacial score (nSPS) is 13.7. The maximum atomic E-state index is 2.73. The first kappa shape index (κ1) is 48.5. The third-order valence-corrected chi connectivity index (χ3v) is 20.0. The lowest BCUT2D eigenvalue weighted by Gasteiger charge is -2.46. The van der Waals surface area contributed by atoms with Crippen LogP contribution in [0.4, 0.5) is 51.2 Å². The average Bonchev–Trinajstić information content (AvgIpc) is 3.96. The summed E-state index contributed by atoms with van der Waals surface area (Å²) in [7, 11) is 0. The van der Waals surface area contributed by atoms with E-state index in [0.29, 0.717) is 0 Å². The van der Waals surface area contributed by atoms with Crippen LogP contribution in [0.5, 0.6) is 0 Å². The fourth-order valence-electron chi connectivity index (χ4n) is 13.5. The Labute approximate surface area is 482 Å². The first-order valence-electron chi connectivity index (χ1n) is 28.6. The molecule has 0 aliphatic carbocycles. The molecule has 0 fully saturated rings. The second-order valence-electron chi connectivity index (χ2n) is 25.8. The van der Waals surface area contributed by atoms with E-state index in [4.69, 9.17) is 0 Å². The van der Waals surface area contributed by atoms with Crippen molar-refractivity contribution in [2.75, 3.05) is 14.7 Å². The van der Waals surface area contributed by atoms with E-state index in [0.717, 1.165) is 22.7 Å². The molecule has 81 heavy (non-hydrogen) atoms. The first-order chi connectivity index (χ1) is 39.1. The number of benzene rings is 10. The van der Waals surface area contributed by atoms with Gasteiger partial charge in [0.2, 0.25) is 0 Å².